The summed E-state index contributed by atoms with van der Waals surface area (Å²) in [6.45, 7) is 1.42. The fraction of sp³-hybridized carbons (Fsp3) is 0.333. The van der Waals surface area contributed by atoms with Gasteiger partial charge in [-0.15, -0.1) is 0 Å². The molecule has 1 aliphatic carbocycles. The number of anilines is 1. The monoisotopic (exact) mass is 388 g/mol. The molecule has 25 heavy (non-hydrogen) atoms. The van der Waals surface area contributed by atoms with E-state index in [0.29, 0.717) is 35.2 Å². The topological polar surface area (TPSA) is 98.4 Å². The number of aryl methyl sites for hydroxylation is 1. The molecule has 3 rings (SSSR count). The van der Waals surface area contributed by atoms with Gasteiger partial charge in [0.25, 0.3) is 5.56 Å². The summed E-state index contributed by atoms with van der Waals surface area (Å²) >= 11 is 5.87. The van der Waals surface area contributed by atoms with E-state index in [1.54, 1.807) is 0 Å². The van der Waals surface area contributed by atoms with Crippen LogP contribution in [0.2, 0.25) is 5.02 Å². The smallest absolute Gasteiger partial charge is 0.414 e. The molecule has 0 bridgehead atoms. The second kappa shape index (κ2) is 6.30. The summed E-state index contributed by atoms with van der Waals surface area (Å²) in [5.74, 6) is -1.89. The Labute approximate surface area is 147 Å². The fourth-order valence-corrected chi connectivity index (χ4v) is 3.56. The largest absolute Gasteiger partial charge is 0.426 e. The van der Waals surface area contributed by atoms with Crippen molar-refractivity contribution in [2.45, 2.75) is 26.2 Å². The molecule has 1 N–H and O–H groups in total. The summed E-state index contributed by atoms with van der Waals surface area (Å²) in [6.07, 6.45) is 1.58. The highest BCUT2D eigenvalue weighted by Gasteiger charge is 2.24. The van der Waals surface area contributed by atoms with E-state index in [1.807, 2.05) is 0 Å². The van der Waals surface area contributed by atoms with Crippen LogP contribution in [0.25, 0.3) is 5.69 Å². The van der Waals surface area contributed by atoms with E-state index >= 15 is 0 Å². The van der Waals surface area contributed by atoms with Crippen molar-refractivity contribution in [1.29, 1.82) is 0 Å². The van der Waals surface area contributed by atoms with Gasteiger partial charge in [0, 0.05) is 6.42 Å². The van der Waals surface area contributed by atoms with Crippen molar-refractivity contribution in [3.63, 3.8) is 0 Å². The zero-order valence-electron chi connectivity index (χ0n) is 13.1. The summed E-state index contributed by atoms with van der Waals surface area (Å²) < 4.78 is 45.6. The van der Waals surface area contributed by atoms with E-state index in [2.05, 4.69) is 4.72 Å². The molecule has 0 saturated carbocycles. The van der Waals surface area contributed by atoms with Crippen LogP contribution in [0.5, 0.6) is 0 Å². The van der Waals surface area contributed by atoms with Crippen molar-refractivity contribution in [3.05, 3.63) is 55.2 Å². The SMILES string of the molecule is CCS(=O)(=O)Nc1cc(-n2c(=O)oc3c(c2=O)CCC3)c(F)cc1Cl. The van der Waals surface area contributed by atoms with Crippen LogP contribution >= 0.6 is 11.6 Å². The van der Waals surface area contributed by atoms with Crippen LogP contribution in [-0.4, -0.2) is 18.7 Å². The van der Waals surface area contributed by atoms with Crippen molar-refractivity contribution in [1.82, 2.24) is 4.57 Å². The molecule has 0 radical (unpaired) electrons. The normalized spacial score (nSPS) is 13.7. The molecule has 10 heteroatoms. The van der Waals surface area contributed by atoms with Gasteiger partial charge < -0.3 is 4.42 Å². The predicted molar refractivity (Wildman–Crippen MR) is 90.7 cm³/mol. The highest BCUT2D eigenvalue weighted by Crippen LogP contribution is 2.28. The van der Waals surface area contributed by atoms with Crippen LogP contribution in [0, 0.1) is 5.82 Å². The molecule has 0 saturated heterocycles. The number of hydrogen-bond donors (Lipinski definition) is 1. The number of nitrogens with zero attached hydrogens (tertiary/aromatic N) is 1. The predicted octanol–water partition coefficient (Wildman–Crippen LogP) is 1.83. The number of nitrogens with one attached hydrogen (secondary N) is 1. The quantitative estimate of drug-likeness (QED) is 0.861. The third kappa shape index (κ3) is 3.21. The Hall–Kier alpha value is -2.13. The van der Waals surface area contributed by atoms with E-state index in [9.17, 15) is 22.4 Å². The van der Waals surface area contributed by atoms with Crippen LogP contribution in [0.3, 0.4) is 0 Å². The molecular formula is C15H14ClFN2O5S. The van der Waals surface area contributed by atoms with Gasteiger partial charge in [-0.05, 0) is 31.9 Å². The highest BCUT2D eigenvalue weighted by molar-refractivity contribution is 7.92. The van der Waals surface area contributed by atoms with Gasteiger partial charge in [0.15, 0.2) is 0 Å². The van der Waals surface area contributed by atoms with Crippen LogP contribution in [-0.2, 0) is 22.9 Å². The second-order valence-electron chi connectivity index (χ2n) is 5.55. The molecular weight excluding hydrogens is 375 g/mol. The van der Waals surface area contributed by atoms with Crippen LogP contribution in [0.4, 0.5) is 10.1 Å². The number of fused-ring (bicyclic) bond motifs is 1. The Morgan fingerprint density at radius 1 is 1.32 bits per heavy atom. The molecule has 0 spiro atoms. The van der Waals surface area contributed by atoms with Gasteiger partial charge in [-0.1, -0.05) is 11.6 Å². The fourth-order valence-electron chi connectivity index (χ4n) is 2.66. The van der Waals surface area contributed by atoms with Gasteiger partial charge in [-0.25, -0.2) is 22.2 Å². The van der Waals surface area contributed by atoms with Crippen molar-refractivity contribution in [2.24, 2.45) is 0 Å². The summed E-state index contributed by atoms with van der Waals surface area (Å²) in [6, 6.07) is 1.84. The summed E-state index contributed by atoms with van der Waals surface area (Å²) in [4.78, 5) is 24.7. The van der Waals surface area contributed by atoms with E-state index in [4.69, 9.17) is 16.0 Å². The first-order chi connectivity index (χ1) is 11.7. The van der Waals surface area contributed by atoms with Crippen molar-refractivity contribution < 1.29 is 17.2 Å². The standard InChI is InChI=1S/C15H14ClFN2O5S/c1-2-25(22,23)18-11-7-12(10(17)6-9(11)16)19-14(20)8-4-3-5-13(8)24-15(19)21/h6-7,18H,2-5H2,1H3. The molecule has 0 fully saturated rings. The third-order valence-corrected chi connectivity index (χ3v) is 5.55. The van der Waals surface area contributed by atoms with Gasteiger partial charge in [-0.3, -0.25) is 9.52 Å². The molecule has 0 unspecified atom stereocenters. The summed E-state index contributed by atoms with van der Waals surface area (Å²) in [5.41, 5.74) is -0.905. The zero-order chi connectivity index (χ0) is 18.4. The number of rotatable bonds is 4. The van der Waals surface area contributed by atoms with Gasteiger partial charge in [0.1, 0.15) is 11.6 Å². The number of sulfonamides is 1. The van der Waals surface area contributed by atoms with Crippen molar-refractivity contribution >= 4 is 27.3 Å². The first-order valence-electron chi connectivity index (χ1n) is 7.51. The Morgan fingerprint density at radius 2 is 2.04 bits per heavy atom. The van der Waals surface area contributed by atoms with E-state index in [1.165, 1.54) is 6.92 Å². The molecule has 1 aromatic heterocycles. The first-order valence-corrected chi connectivity index (χ1v) is 9.54. The van der Waals surface area contributed by atoms with Gasteiger partial charge in [0.05, 0.1) is 27.7 Å². The number of halogens is 2. The molecule has 1 aromatic carbocycles. The molecule has 134 valence electrons. The Morgan fingerprint density at radius 3 is 2.72 bits per heavy atom. The Bertz CT molecular complexity index is 1070. The maximum Gasteiger partial charge on any atom is 0.426 e. The minimum atomic E-state index is -3.68. The number of aromatic nitrogens is 1. The van der Waals surface area contributed by atoms with Gasteiger partial charge >= 0.3 is 5.76 Å². The minimum absolute atomic E-state index is 0.133. The molecule has 1 aliphatic rings. The molecule has 7 nitrogen and oxygen atoms in total. The second-order valence-corrected chi connectivity index (χ2v) is 7.97. The highest BCUT2D eigenvalue weighted by atomic mass is 35.5. The molecule has 2 aromatic rings. The van der Waals surface area contributed by atoms with E-state index < -0.39 is 32.8 Å². The average Bonchev–Trinajstić information content (AvgIpc) is 3.00. The molecule has 0 atom stereocenters. The lowest BCUT2D eigenvalue weighted by molar-refractivity contribution is 0.419. The summed E-state index contributed by atoms with van der Waals surface area (Å²) in [5, 5.41) is -0.197. The lowest BCUT2D eigenvalue weighted by atomic mass is 10.2. The molecule has 0 amide bonds. The van der Waals surface area contributed by atoms with Gasteiger partial charge in [0.2, 0.25) is 10.0 Å². The van der Waals surface area contributed by atoms with E-state index in [-0.39, 0.29) is 16.5 Å². The maximum absolute atomic E-state index is 14.3. The molecule has 1 heterocycles. The number of benzene rings is 1. The Kier molecular flexibility index (Phi) is 4.46. The van der Waals surface area contributed by atoms with Crippen molar-refractivity contribution in [2.75, 3.05) is 10.5 Å². The minimum Gasteiger partial charge on any atom is -0.414 e. The number of hydrogen-bond acceptors (Lipinski definition) is 5. The average molecular weight is 389 g/mol. The Balaban J connectivity index is 2.23. The van der Waals surface area contributed by atoms with Crippen LogP contribution in [0.1, 0.15) is 24.7 Å². The van der Waals surface area contributed by atoms with Crippen molar-refractivity contribution in [3.8, 4) is 5.69 Å². The van der Waals surface area contributed by atoms with Gasteiger partial charge in [-0.2, -0.15) is 0 Å². The van der Waals surface area contributed by atoms with E-state index in [0.717, 1.165) is 12.1 Å². The maximum atomic E-state index is 14.3. The summed E-state index contributed by atoms with van der Waals surface area (Å²) in [7, 11) is -3.68. The van der Waals surface area contributed by atoms with Crippen LogP contribution < -0.4 is 16.0 Å². The van der Waals surface area contributed by atoms with Crippen LogP contribution in [0.15, 0.2) is 26.1 Å². The third-order valence-electron chi connectivity index (χ3n) is 3.94. The first kappa shape index (κ1) is 17.7. The lowest BCUT2D eigenvalue weighted by Gasteiger charge is -2.12. The zero-order valence-corrected chi connectivity index (χ0v) is 14.7. The lowest BCUT2D eigenvalue weighted by Crippen LogP contribution is -2.34. The molecule has 0 aliphatic heterocycles.